The predicted molar refractivity (Wildman–Crippen MR) is 88.0 cm³/mol. The average Bonchev–Trinajstić information content (AvgIpc) is 2.23. The molecular weight excluding hydrogens is 304 g/mol. The summed E-state index contributed by atoms with van der Waals surface area (Å²) in [5, 5.41) is 0.588. The van der Waals surface area contributed by atoms with Gasteiger partial charge in [0, 0.05) is 6.42 Å². The van der Waals surface area contributed by atoms with Gasteiger partial charge in [0.15, 0.2) is 0 Å². The summed E-state index contributed by atoms with van der Waals surface area (Å²) >= 11 is 3.27. The summed E-state index contributed by atoms with van der Waals surface area (Å²) in [7, 11) is -1.87. The zero-order valence-electron chi connectivity index (χ0n) is 12.8. The van der Waals surface area contributed by atoms with E-state index in [-0.39, 0.29) is 0 Å². The molecule has 0 radical (unpaired) electrons. The maximum atomic E-state index is 12.8. The molecule has 0 fully saturated rings. The van der Waals surface area contributed by atoms with Crippen LogP contribution in [0, 0.1) is 0 Å². The second kappa shape index (κ2) is 8.31. The van der Waals surface area contributed by atoms with Gasteiger partial charge >= 0.3 is 0 Å². The van der Waals surface area contributed by atoms with Gasteiger partial charge in [0.05, 0.1) is 0 Å². The highest BCUT2D eigenvalue weighted by atomic mass is 79.9. The summed E-state index contributed by atoms with van der Waals surface area (Å²) in [6, 6.07) is 0. The third-order valence-electron chi connectivity index (χ3n) is 4.21. The largest absolute Gasteiger partial charge is 0.305 e. The summed E-state index contributed by atoms with van der Waals surface area (Å²) in [6.45, 7) is 13.5. The Balaban J connectivity index is 4.91. The molecule has 0 saturated heterocycles. The van der Waals surface area contributed by atoms with Crippen LogP contribution in [0.2, 0.25) is 16.6 Å². The molecule has 0 saturated carbocycles. The summed E-state index contributed by atoms with van der Waals surface area (Å²) in [4.78, 5) is 14.7. The first-order valence-corrected chi connectivity index (χ1v) is 10.2. The molecule has 0 unspecified atom stereocenters. The number of halogens is 1. The quantitative estimate of drug-likeness (QED) is 0.402. The van der Waals surface area contributed by atoms with E-state index in [9.17, 15) is 4.79 Å². The van der Waals surface area contributed by atoms with E-state index in [0.717, 1.165) is 19.3 Å². The Morgan fingerprint density at radius 2 is 1.50 bits per heavy atom. The molecular formula is C15H29BrOSi. The molecule has 1 nitrogen and oxygen atoms in total. The fourth-order valence-corrected chi connectivity index (χ4v) is 10.4. The van der Waals surface area contributed by atoms with E-state index in [1.807, 2.05) is 4.99 Å². The van der Waals surface area contributed by atoms with Gasteiger partial charge in [-0.05, 0) is 34.5 Å². The van der Waals surface area contributed by atoms with Crippen molar-refractivity contribution >= 4 is 29.4 Å². The Kier molecular flexibility index (Phi) is 8.36. The maximum absolute atomic E-state index is 12.8. The van der Waals surface area contributed by atoms with Crippen molar-refractivity contribution in [2.24, 2.45) is 0 Å². The molecule has 0 heterocycles. The maximum Gasteiger partial charge on any atom is 0.140 e. The average molecular weight is 333 g/mol. The molecule has 0 bridgehead atoms. The van der Waals surface area contributed by atoms with Crippen LogP contribution in [0.1, 0.15) is 60.8 Å². The molecule has 0 rings (SSSR count). The summed E-state index contributed by atoms with van der Waals surface area (Å²) in [5.74, 6) is 0. The van der Waals surface area contributed by atoms with Crippen molar-refractivity contribution in [2.75, 3.05) is 0 Å². The van der Waals surface area contributed by atoms with Crippen LogP contribution in [0.25, 0.3) is 0 Å². The zero-order valence-corrected chi connectivity index (χ0v) is 15.4. The van der Waals surface area contributed by atoms with Crippen molar-refractivity contribution in [3.8, 4) is 0 Å². The van der Waals surface area contributed by atoms with Crippen LogP contribution in [0.5, 0.6) is 0 Å². The molecule has 3 heteroatoms. The first kappa shape index (κ1) is 18.1. The van der Waals surface area contributed by atoms with Gasteiger partial charge in [-0.3, -0.25) is 0 Å². The van der Waals surface area contributed by atoms with E-state index in [1.165, 1.54) is 0 Å². The van der Waals surface area contributed by atoms with Crippen LogP contribution in [0.15, 0.2) is 11.1 Å². The smallest absolute Gasteiger partial charge is 0.140 e. The van der Waals surface area contributed by atoms with E-state index in [1.54, 1.807) is 0 Å². The van der Waals surface area contributed by atoms with E-state index < -0.39 is 8.07 Å². The molecule has 18 heavy (non-hydrogen) atoms. The molecule has 0 aromatic heterocycles. The van der Waals surface area contributed by atoms with Crippen LogP contribution in [0.3, 0.4) is 0 Å². The highest BCUT2D eigenvalue weighted by Crippen LogP contribution is 2.42. The minimum atomic E-state index is -1.87. The highest BCUT2D eigenvalue weighted by Gasteiger charge is 2.48. The minimum Gasteiger partial charge on any atom is -0.305 e. The van der Waals surface area contributed by atoms with E-state index in [0.29, 0.717) is 22.0 Å². The fraction of sp³-hybridized carbons (Fsp3) is 0.800. The lowest BCUT2D eigenvalue weighted by Crippen LogP contribution is -2.52. The molecule has 0 amide bonds. The minimum absolute atomic E-state index is 0.539. The number of allylic oxidation sites excluding steroid dienone is 1. The molecule has 0 aliphatic carbocycles. The van der Waals surface area contributed by atoms with Crippen molar-refractivity contribution < 1.29 is 4.79 Å². The molecule has 0 atom stereocenters. The van der Waals surface area contributed by atoms with Crippen molar-refractivity contribution in [2.45, 2.75) is 77.4 Å². The third-order valence-corrected chi connectivity index (χ3v) is 11.5. The Labute approximate surface area is 123 Å². The van der Waals surface area contributed by atoms with Crippen LogP contribution in [0.4, 0.5) is 0 Å². The molecule has 0 aromatic rings. The van der Waals surface area contributed by atoms with Crippen LogP contribution < -0.4 is 0 Å². The van der Waals surface area contributed by atoms with Gasteiger partial charge in [-0.1, -0.05) is 63.5 Å². The van der Waals surface area contributed by atoms with Gasteiger partial charge in [0.2, 0.25) is 0 Å². The van der Waals surface area contributed by atoms with Gasteiger partial charge in [-0.15, -0.1) is 0 Å². The Hall–Kier alpha value is 0.107. The third kappa shape index (κ3) is 4.06. The van der Waals surface area contributed by atoms with Gasteiger partial charge in [-0.25, -0.2) is 0 Å². The van der Waals surface area contributed by atoms with Gasteiger partial charge in [0.25, 0.3) is 0 Å². The standard InChI is InChI=1S/C15H29BrOSi/c1-12(2)18(13(3)4,14(5)6)15(17)10-8-7-9-11-16/h9,11-14H,7-8,10H2,1-6H3/b11-9+. The van der Waals surface area contributed by atoms with Crippen LogP contribution in [-0.4, -0.2) is 13.5 Å². The SMILES string of the molecule is CC(C)[Si](C(=O)CCC/C=C/Br)(C(C)C)C(C)C. The van der Waals surface area contributed by atoms with Crippen LogP contribution in [-0.2, 0) is 4.79 Å². The zero-order chi connectivity index (χ0) is 14.3. The molecule has 0 spiro atoms. The number of hydrogen-bond acceptors (Lipinski definition) is 1. The molecule has 0 aliphatic heterocycles. The number of carbonyl (C=O) groups is 1. The number of carbonyl (C=O) groups excluding carboxylic acids is 1. The van der Waals surface area contributed by atoms with Crippen molar-refractivity contribution in [1.29, 1.82) is 0 Å². The van der Waals surface area contributed by atoms with Crippen molar-refractivity contribution in [1.82, 2.24) is 0 Å². The predicted octanol–water partition coefficient (Wildman–Crippen LogP) is 5.85. The van der Waals surface area contributed by atoms with Gasteiger partial charge in [0.1, 0.15) is 13.5 Å². The Morgan fingerprint density at radius 1 is 1.06 bits per heavy atom. The lowest BCUT2D eigenvalue weighted by Gasteiger charge is -2.41. The summed E-state index contributed by atoms with van der Waals surface area (Å²) < 4.78 is 0. The molecule has 106 valence electrons. The summed E-state index contributed by atoms with van der Waals surface area (Å²) in [6.07, 6.45) is 4.83. The first-order valence-electron chi connectivity index (χ1n) is 7.10. The van der Waals surface area contributed by atoms with Crippen molar-refractivity contribution in [3.63, 3.8) is 0 Å². The second-order valence-corrected chi connectivity index (χ2v) is 12.5. The fourth-order valence-electron chi connectivity index (χ4n) is 3.63. The topological polar surface area (TPSA) is 17.1 Å². The Bertz CT molecular complexity index is 260. The van der Waals surface area contributed by atoms with E-state index in [2.05, 4.69) is 63.5 Å². The lowest BCUT2D eigenvalue weighted by atomic mass is 10.2. The van der Waals surface area contributed by atoms with Crippen molar-refractivity contribution in [3.05, 3.63) is 11.1 Å². The second-order valence-electron chi connectivity index (χ2n) is 6.07. The molecule has 0 aromatic carbocycles. The normalized spacial score (nSPS) is 13.2. The number of rotatable bonds is 8. The molecule has 0 N–H and O–H groups in total. The molecule has 0 aliphatic rings. The lowest BCUT2D eigenvalue weighted by molar-refractivity contribution is -0.113. The van der Waals surface area contributed by atoms with Gasteiger partial charge in [-0.2, -0.15) is 0 Å². The number of unbranched alkanes of at least 4 members (excludes halogenated alkanes) is 1. The first-order chi connectivity index (χ1) is 8.31. The van der Waals surface area contributed by atoms with Crippen LogP contribution >= 0.6 is 15.9 Å². The van der Waals surface area contributed by atoms with E-state index in [4.69, 9.17) is 0 Å². The van der Waals surface area contributed by atoms with Gasteiger partial charge < -0.3 is 4.79 Å². The number of hydrogen-bond donors (Lipinski definition) is 0. The summed E-state index contributed by atoms with van der Waals surface area (Å²) in [5.41, 5.74) is 1.62. The van der Waals surface area contributed by atoms with E-state index >= 15 is 0 Å². The monoisotopic (exact) mass is 332 g/mol. The highest BCUT2D eigenvalue weighted by molar-refractivity contribution is 9.11. The Morgan fingerprint density at radius 3 is 1.83 bits per heavy atom.